The number of ether oxygens (including phenoxy) is 1. The topological polar surface area (TPSA) is 104 Å². The second-order valence-electron chi connectivity index (χ2n) is 2.32. The Bertz CT molecular complexity index is 240. The summed E-state index contributed by atoms with van der Waals surface area (Å²) in [6.45, 7) is 3.73. The van der Waals surface area contributed by atoms with Gasteiger partial charge in [-0.3, -0.25) is 0 Å². The SMILES string of the molecule is C=C(C)C(=O)OCC(=O)[P+](O)(O)O. The maximum atomic E-state index is 10.7. The second-order valence-corrected chi connectivity index (χ2v) is 3.95. The Hall–Kier alpha value is -0.810. The molecule has 0 unspecified atom stereocenters. The van der Waals surface area contributed by atoms with Gasteiger partial charge in [-0.05, 0) is 6.92 Å². The van der Waals surface area contributed by atoms with Gasteiger partial charge in [-0.1, -0.05) is 6.58 Å². The first kappa shape index (κ1) is 12.2. The fourth-order valence-electron chi connectivity index (χ4n) is 0.337. The van der Waals surface area contributed by atoms with Gasteiger partial charge in [-0.15, -0.1) is 0 Å². The second kappa shape index (κ2) is 4.43. The van der Waals surface area contributed by atoms with Crippen molar-refractivity contribution in [1.29, 1.82) is 0 Å². The summed E-state index contributed by atoms with van der Waals surface area (Å²) in [4.78, 5) is 46.4. The van der Waals surface area contributed by atoms with Crippen LogP contribution in [-0.4, -0.2) is 32.8 Å². The summed E-state index contributed by atoms with van der Waals surface area (Å²) in [5.74, 6) is -0.832. The van der Waals surface area contributed by atoms with Crippen LogP contribution >= 0.6 is 7.94 Å². The van der Waals surface area contributed by atoms with E-state index in [-0.39, 0.29) is 5.57 Å². The van der Waals surface area contributed by atoms with Gasteiger partial charge in [0.05, 0.1) is 0 Å². The van der Waals surface area contributed by atoms with Crippen LogP contribution in [-0.2, 0) is 14.3 Å². The molecular weight excluding hydrogens is 199 g/mol. The zero-order valence-electron chi connectivity index (χ0n) is 6.93. The minimum Gasteiger partial charge on any atom is -0.450 e. The van der Waals surface area contributed by atoms with E-state index in [2.05, 4.69) is 11.3 Å². The smallest absolute Gasteiger partial charge is 0.450 e. The Morgan fingerprint density at radius 3 is 2.15 bits per heavy atom. The maximum absolute atomic E-state index is 10.7. The van der Waals surface area contributed by atoms with Crippen molar-refractivity contribution < 1.29 is 29.0 Å². The molecular formula is C6H10O6P+. The highest BCUT2D eigenvalue weighted by Gasteiger charge is 2.42. The van der Waals surface area contributed by atoms with Gasteiger partial charge in [-0.25, -0.2) is 9.59 Å². The molecule has 0 atom stereocenters. The van der Waals surface area contributed by atoms with Gasteiger partial charge in [-0.2, -0.15) is 14.7 Å². The van der Waals surface area contributed by atoms with Gasteiger partial charge in [0, 0.05) is 5.57 Å². The largest absolute Gasteiger partial charge is 0.482 e. The molecule has 0 aliphatic carbocycles. The molecule has 0 aliphatic rings. The van der Waals surface area contributed by atoms with E-state index in [9.17, 15) is 9.59 Å². The first-order valence-corrected chi connectivity index (χ1v) is 4.83. The zero-order chi connectivity index (χ0) is 10.6. The average Bonchev–Trinajstić information content (AvgIpc) is 1.97. The van der Waals surface area contributed by atoms with Gasteiger partial charge >= 0.3 is 19.4 Å². The third kappa shape index (κ3) is 4.69. The molecule has 13 heavy (non-hydrogen) atoms. The normalized spacial score (nSPS) is 10.8. The highest BCUT2D eigenvalue weighted by Crippen LogP contribution is 2.45. The molecule has 0 bridgehead atoms. The molecule has 74 valence electrons. The standard InChI is InChI=1S/C6H10O6P/c1-4(2)6(8)12-3-5(7)13(9,10)11/h9-11H,1,3H2,2H3/q+1. The van der Waals surface area contributed by atoms with Crippen molar-refractivity contribution >= 4 is 19.4 Å². The highest BCUT2D eigenvalue weighted by atomic mass is 31.2. The van der Waals surface area contributed by atoms with Gasteiger partial charge < -0.3 is 4.74 Å². The molecule has 0 amide bonds. The number of rotatable bonds is 4. The van der Waals surface area contributed by atoms with Crippen LogP contribution in [0.5, 0.6) is 0 Å². The van der Waals surface area contributed by atoms with E-state index in [4.69, 9.17) is 14.7 Å². The molecule has 3 N–H and O–H groups in total. The van der Waals surface area contributed by atoms with Crippen molar-refractivity contribution in [3.8, 4) is 0 Å². The van der Waals surface area contributed by atoms with E-state index >= 15 is 0 Å². The van der Waals surface area contributed by atoms with Gasteiger partial charge in [0.15, 0.2) is 6.61 Å². The summed E-state index contributed by atoms with van der Waals surface area (Å²) in [7, 11) is -4.54. The lowest BCUT2D eigenvalue weighted by Gasteiger charge is -2.03. The predicted octanol–water partition coefficient (Wildman–Crippen LogP) is -0.628. The van der Waals surface area contributed by atoms with Crippen molar-refractivity contribution in [2.24, 2.45) is 0 Å². The van der Waals surface area contributed by atoms with Gasteiger partial charge in [0.1, 0.15) is 0 Å². The molecule has 0 aromatic carbocycles. The molecule has 0 aromatic heterocycles. The Kier molecular flexibility index (Phi) is 4.16. The van der Waals surface area contributed by atoms with E-state index in [0.29, 0.717) is 0 Å². The molecule has 0 heterocycles. The molecule has 0 radical (unpaired) electrons. The molecule has 7 heteroatoms. The fraction of sp³-hybridized carbons (Fsp3) is 0.333. The molecule has 0 saturated heterocycles. The van der Waals surface area contributed by atoms with Crippen LogP contribution in [0.3, 0.4) is 0 Å². The van der Waals surface area contributed by atoms with Crippen LogP contribution in [0.4, 0.5) is 0 Å². The first-order chi connectivity index (χ1) is 5.75. The molecule has 0 fully saturated rings. The number of carbonyl (C=O) groups excluding carboxylic acids is 2. The summed E-state index contributed by atoms with van der Waals surface area (Å²) in [5, 5.41) is 0. The van der Waals surface area contributed by atoms with Gasteiger partial charge in [0.2, 0.25) is 0 Å². The van der Waals surface area contributed by atoms with E-state index in [0.717, 1.165) is 0 Å². The third-order valence-corrected chi connectivity index (χ3v) is 1.81. The lowest BCUT2D eigenvalue weighted by Crippen LogP contribution is -2.16. The molecule has 0 aromatic rings. The molecule has 0 spiro atoms. The number of hydrogen-bond donors (Lipinski definition) is 3. The van der Waals surface area contributed by atoms with Crippen molar-refractivity contribution in [2.75, 3.05) is 6.61 Å². The Morgan fingerprint density at radius 1 is 1.38 bits per heavy atom. The van der Waals surface area contributed by atoms with Crippen molar-refractivity contribution in [2.45, 2.75) is 6.92 Å². The van der Waals surface area contributed by atoms with Crippen LogP contribution in [0, 0.1) is 0 Å². The van der Waals surface area contributed by atoms with Crippen molar-refractivity contribution in [1.82, 2.24) is 0 Å². The molecule has 0 aliphatic heterocycles. The van der Waals surface area contributed by atoms with Crippen molar-refractivity contribution in [3.05, 3.63) is 12.2 Å². The predicted molar refractivity (Wildman–Crippen MR) is 44.4 cm³/mol. The Labute approximate surface area is 75.0 Å². The number of hydrogen-bond acceptors (Lipinski definition) is 6. The summed E-state index contributed by atoms with van der Waals surface area (Å²) in [6, 6.07) is 0. The maximum Gasteiger partial charge on any atom is 0.482 e. The highest BCUT2D eigenvalue weighted by molar-refractivity contribution is 7.76. The Morgan fingerprint density at radius 2 is 1.85 bits per heavy atom. The monoisotopic (exact) mass is 209 g/mol. The van der Waals surface area contributed by atoms with E-state index in [1.807, 2.05) is 0 Å². The summed E-state index contributed by atoms with van der Waals surface area (Å²) >= 11 is 0. The van der Waals surface area contributed by atoms with Crippen molar-refractivity contribution in [3.63, 3.8) is 0 Å². The Balaban J connectivity index is 3.99. The molecule has 6 nitrogen and oxygen atoms in total. The van der Waals surface area contributed by atoms with Crippen LogP contribution in [0.2, 0.25) is 0 Å². The summed E-state index contributed by atoms with van der Waals surface area (Å²) in [5.41, 5.74) is -1.24. The fourth-order valence-corrected chi connectivity index (χ4v) is 0.575. The minimum atomic E-state index is -4.54. The minimum absolute atomic E-state index is 0.0746. The van der Waals surface area contributed by atoms with E-state index in [1.165, 1.54) is 6.92 Å². The van der Waals surface area contributed by atoms with Crippen LogP contribution < -0.4 is 0 Å². The third-order valence-electron chi connectivity index (χ3n) is 1.01. The average molecular weight is 209 g/mol. The van der Waals surface area contributed by atoms with Crippen LogP contribution in [0.15, 0.2) is 12.2 Å². The first-order valence-electron chi connectivity index (χ1n) is 3.18. The lowest BCUT2D eigenvalue weighted by atomic mass is 10.4. The van der Waals surface area contributed by atoms with Crippen LogP contribution in [0.1, 0.15) is 6.92 Å². The van der Waals surface area contributed by atoms with Crippen LogP contribution in [0.25, 0.3) is 0 Å². The zero-order valence-corrected chi connectivity index (χ0v) is 7.82. The van der Waals surface area contributed by atoms with E-state index in [1.54, 1.807) is 0 Å². The number of esters is 1. The molecule has 0 saturated carbocycles. The number of carbonyl (C=O) groups is 2. The van der Waals surface area contributed by atoms with E-state index < -0.39 is 26.0 Å². The quantitative estimate of drug-likeness (QED) is 0.323. The van der Waals surface area contributed by atoms with Gasteiger partial charge in [0.25, 0.3) is 0 Å². The summed E-state index contributed by atoms with van der Waals surface area (Å²) in [6.07, 6.45) is 0. The molecule has 0 rings (SSSR count). The lowest BCUT2D eigenvalue weighted by molar-refractivity contribution is -0.142. The summed E-state index contributed by atoms with van der Waals surface area (Å²) < 4.78 is 4.25.